The number of sulfonamides is 1. The maximum absolute atomic E-state index is 12.3. The zero-order chi connectivity index (χ0) is 19.6. The van der Waals surface area contributed by atoms with Gasteiger partial charge in [-0.1, -0.05) is 41.5 Å². The Hall–Kier alpha value is -2.44. The third-order valence-corrected chi connectivity index (χ3v) is 5.88. The van der Waals surface area contributed by atoms with Gasteiger partial charge < -0.3 is 4.98 Å². The topological polar surface area (TPSA) is 79.0 Å². The van der Waals surface area contributed by atoms with Crippen molar-refractivity contribution in [2.75, 3.05) is 6.54 Å². The highest BCUT2D eigenvalue weighted by Gasteiger charge is 2.12. The first-order valence-corrected chi connectivity index (χ1v) is 10.5. The van der Waals surface area contributed by atoms with Crippen molar-refractivity contribution in [2.24, 2.45) is 0 Å². The van der Waals surface area contributed by atoms with Gasteiger partial charge in [-0.25, -0.2) is 13.1 Å². The van der Waals surface area contributed by atoms with E-state index in [-0.39, 0.29) is 17.9 Å². The molecular weight excluding hydrogens is 360 g/mol. The molecule has 6 heteroatoms. The number of aryl methyl sites for hydroxylation is 3. The number of fused-ring (bicyclic) bond motifs is 1. The zero-order valence-corrected chi connectivity index (χ0v) is 16.6. The van der Waals surface area contributed by atoms with E-state index < -0.39 is 10.0 Å². The van der Waals surface area contributed by atoms with Gasteiger partial charge >= 0.3 is 0 Å². The molecular formula is C21H24N2O3S. The molecule has 0 fully saturated rings. The first kappa shape index (κ1) is 19.3. The van der Waals surface area contributed by atoms with E-state index in [1.807, 2.05) is 57.2 Å². The Morgan fingerprint density at radius 1 is 1.00 bits per heavy atom. The molecule has 0 spiro atoms. The van der Waals surface area contributed by atoms with E-state index in [0.717, 1.165) is 33.2 Å². The summed E-state index contributed by atoms with van der Waals surface area (Å²) >= 11 is 0. The van der Waals surface area contributed by atoms with E-state index in [9.17, 15) is 13.2 Å². The predicted molar refractivity (Wildman–Crippen MR) is 110 cm³/mol. The van der Waals surface area contributed by atoms with Crippen LogP contribution in [0.3, 0.4) is 0 Å². The molecule has 3 rings (SSSR count). The second-order valence-electron chi connectivity index (χ2n) is 7.06. The van der Waals surface area contributed by atoms with Crippen molar-refractivity contribution in [2.45, 2.75) is 32.9 Å². The first-order valence-electron chi connectivity index (χ1n) is 8.89. The van der Waals surface area contributed by atoms with E-state index in [1.165, 1.54) is 0 Å². The van der Waals surface area contributed by atoms with Gasteiger partial charge in [-0.05, 0) is 55.8 Å². The normalized spacial score (nSPS) is 11.8. The molecule has 0 radical (unpaired) electrons. The molecule has 0 aliphatic carbocycles. The zero-order valence-electron chi connectivity index (χ0n) is 15.8. The molecule has 0 aliphatic rings. The van der Waals surface area contributed by atoms with Crippen LogP contribution in [-0.4, -0.2) is 19.9 Å². The van der Waals surface area contributed by atoms with Crippen LogP contribution in [0.1, 0.15) is 27.8 Å². The number of hydrogen-bond donors (Lipinski definition) is 2. The van der Waals surface area contributed by atoms with Crippen LogP contribution >= 0.6 is 0 Å². The highest BCUT2D eigenvalue weighted by molar-refractivity contribution is 7.88. The van der Waals surface area contributed by atoms with Crippen LogP contribution in [0.4, 0.5) is 0 Å². The monoisotopic (exact) mass is 384 g/mol. The van der Waals surface area contributed by atoms with E-state index in [1.54, 1.807) is 6.07 Å². The van der Waals surface area contributed by atoms with Crippen LogP contribution in [0.15, 0.2) is 47.3 Å². The average molecular weight is 385 g/mol. The smallest absolute Gasteiger partial charge is 0.251 e. The first-order chi connectivity index (χ1) is 12.7. The molecule has 0 saturated heterocycles. The number of aromatic amines is 1. The minimum absolute atomic E-state index is 0.0683. The van der Waals surface area contributed by atoms with Gasteiger partial charge in [-0.2, -0.15) is 0 Å². The third-order valence-electron chi connectivity index (χ3n) is 4.53. The maximum atomic E-state index is 12.3. The van der Waals surface area contributed by atoms with Gasteiger partial charge in [0.05, 0.1) is 11.3 Å². The fourth-order valence-electron chi connectivity index (χ4n) is 3.33. The third kappa shape index (κ3) is 4.84. The van der Waals surface area contributed by atoms with E-state index >= 15 is 0 Å². The Balaban J connectivity index is 1.71. The predicted octanol–water partition coefficient (Wildman–Crippen LogP) is 3.12. The highest BCUT2D eigenvalue weighted by atomic mass is 32.2. The van der Waals surface area contributed by atoms with E-state index in [4.69, 9.17) is 0 Å². The molecule has 3 aromatic rings. The Kier molecular flexibility index (Phi) is 5.48. The lowest BCUT2D eigenvalue weighted by atomic mass is 10.0. The van der Waals surface area contributed by atoms with Gasteiger partial charge in [0.2, 0.25) is 10.0 Å². The van der Waals surface area contributed by atoms with Crippen LogP contribution in [0.25, 0.3) is 10.9 Å². The van der Waals surface area contributed by atoms with Gasteiger partial charge in [-0.15, -0.1) is 0 Å². The van der Waals surface area contributed by atoms with Gasteiger partial charge in [0.1, 0.15) is 0 Å². The standard InChI is InChI=1S/C21H24N2O3S/c1-14-5-4-6-17(10-14)13-27(25,26)22-8-7-18-12-19-11-15(2)9-16(3)20(19)23-21(18)24/h4-6,9-12,22H,7-8,13H2,1-3H3,(H,23,24). The van der Waals surface area contributed by atoms with Crippen molar-refractivity contribution >= 4 is 20.9 Å². The van der Waals surface area contributed by atoms with Crippen LogP contribution in [0.5, 0.6) is 0 Å². The summed E-state index contributed by atoms with van der Waals surface area (Å²) in [5.74, 6) is -0.0683. The Morgan fingerprint density at radius 3 is 2.52 bits per heavy atom. The Morgan fingerprint density at radius 2 is 1.78 bits per heavy atom. The molecule has 0 amide bonds. The second-order valence-corrected chi connectivity index (χ2v) is 8.87. The van der Waals surface area contributed by atoms with Crippen molar-refractivity contribution in [1.82, 2.24) is 9.71 Å². The summed E-state index contributed by atoms with van der Waals surface area (Å²) < 4.78 is 27.2. The number of rotatable bonds is 6. The summed E-state index contributed by atoms with van der Waals surface area (Å²) in [7, 11) is -3.45. The lowest BCUT2D eigenvalue weighted by Crippen LogP contribution is -2.28. The molecule has 1 heterocycles. The number of hydrogen-bond acceptors (Lipinski definition) is 3. The molecule has 2 aromatic carbocycles. The molecule has 1 aromatic heterocycles. The quantitative estimate of drug-likeness (QED) is 0.685. The van der Waals surface area contributed by atoms with Crippen molar-refractivity contribution < 1.29 is 8.42 Å². The lowest BCUT2D eigenvalue weighted by molar-refractivity contribution is 0.580. The molecule has 0 saturated carbocycles. The van der Waals surface area contributed by atoms with Crippen molar-refractivity contribution in [1.29, 1.82) is 0 Å². The molecule has 27 heavy (non-hydrogen) atoms. The molecule has 2 N–H and O–H groups in total. The number of aromatic nitrogens is 1. The minimum Gasteiger partial charge on any atom is -0.321 e. The highest BCUT2D eigenvalue weighted by Crippen LogP contribution is 2.18. The fourth-order valence-corrected chi connectivity index (χ4v) is 4.46. The molecule has 0 atom stereocenters. The van der Waals surface area contributed by atoms with E-state index in [0.29, 0.717) is 12.0 Å². The van der Waals surface area contributed by atoms with Gasteiger partial charge in [0.25, 0.3) is 5.56 Å². The average Bonchev–Trinajstić information content (AvgIpc) is 2.55. The fraction of sp³-hybridized carbons (Fsp3) is 0.286. The van der Waals surface area contributed by atoms with Gasteiger partial charge in [-0.3, -0.25) is 4.79 Å². The molecule has 0 bridgehead atoms. The molecule has 142 valence electrons. The lowest BCUT2D eigenvalue weighted by Gasteiger charge is -2.09. The van der Waals surface area contributed by atoms with Crippen LogP contribution in [0, 0.1) is 20.8 Å². The largest absolute Gasteiger partial charge is 0.321 e. The SMILES string of the molecule is Cc1cccc(CS(=O)(=O)NCCc2cc3cc(C)cc(C)c3[nH]c2=O)c1. The van der Waals surface area contributed by atoms with Crippen molar-refractivity contribution in [3.63, 3.8) is 0 Å². The Labute approximate surface area is 159 Å². The van der Waals surface area contributed by atoms with Crippen LogP contribution < -0.4 is 10.3 Å². The maximum Gasteiger partial charge on any atom is 0.251 e. The number of H-pyrrole nitrogens is 1. The summed E-state index contributed by atoms with van der Waals surface area (Å²) in [6, 6.07) is 13.3. The van der Waals surface area contributed by atoms with Gasteiger partial charge in [0.15, 0.2) is 0 Å². The summed E-state index contributed by atoms with van der Waals surface area (Å²) in [4.78, 5) is 15.2. The summed E-state index contributed by atoms with van der Waals surface area (Å²) in [6.45, 7) is 6.09. The van der Waals surface area contributed by atoms with Gasteiger partial charge in [0, 0.05) is 12.1 Å². The van der Waals surface area contributed by atoms with E-state index in [2.05, 4.69) is 9.71 Å². The van der Waals surface area contributed by atoms with Crippen molar-refractivity contribution in [3.8, 4) is 0 Å². The summed E-state index contributed by atoms with van der Waals surface area (Å²) in [5.41, 5.74) is 5.14. The molecule has 0 unspecified atom stereocenters. The summed E-state index contributed by atoms with van der Waals surface area (Å²) in [5, 5.41) is 0.963. The number of pyridine rings is 1. The minimum atomic E-state index is -3.45. The van der Waals surface area contributed by atoms with Crippen LogP contribution in [-0.2, 0) is 22.2 Å². The number of nitrogens with one attached hydrogen (secondary N) is 2. The molecule has 5 nitrogen and oxygen atoms in total. The second kappa shape index (κ2) is 7.66. The Bertz CT molecular complexity index is 1150. The summed E-state index contributed by atoms with van der Waals surface area (Å²) in [6.07, 6.45) is 0.339. The number of benzene rings is 2. The van der Waals surface area contributed by atoms with Crippen LogP contribution in [0.2, 0.25) is 0 Å². The van der Waals surface area contributed by atoms with Crippen molar-refractivity contribution in [3.05, 3.63) is 80.6 Å². The molecule has 0 aliphatic heterocycles.